The van der Waals surface area contributed by atoms with E-state index in [4.69, 9.17) is 0 Å². The van der Waals surface area contributed by atoms with E-state index in [9.17, 15) is 0 Å². The van der Waals surface area contributed by atoms with Gasteiger partial charge in [-0.1, -0.05) is 78.1 Å². The maximum Gasteiger partial charge on any atom is -0.00695 e. The van der Waals surface area contributed by atoms with Gasteiger partial charge in [0.25, 0.3) is 0 Å². The molecule has 0 aromatic heterocycles. The molecule has 0 N–H and O–H groups in total. The van der Waals surface area contributed by atoms with Gasteiger partial charge in [-0.25, -0.2) is 0 Å². The molecule has 0 nitrogen and oxygen atoms in total. The van der Waals surface area contributed by atoms with Crippen molar-refractivity contribution in [2.75, 3.05) is 5.75 Å². The van der Waals surface area contributed by atoms with Gasteiger partial charge < -0.3 is 0 Å². The highest BCUT2D eigenvalue weighted by Gasteiger charge is 2.05. The normalized spacial score (nSPS) is 12.9. The van der Waals surface area contributed by atoms with E-state index in [1.165, 1.54) is 77.0 Å². The maximum absolute atomic E-state index is 4.47. The molecule has 0 aliphatic rings. The van der Waals surface area contributed by atoms with Crippen LogP contribution in [0.1, 0.15) is 90.9 Å². The molecular formula is C16H34S. The van der Waals surface area contributed by atoms with Crippen LogP contribution in [0.3, 0.4) is 0 Å². The summed E-state index contributed by atoms with van der Waals surface area (Å²) < 4.78 is 0. The Kier molecular flexibility index (Phi) is 14.7. The molecule has 0 saturated heterocycles. The molecule has 0 amide bonds. The van der Waals surface area contributed by atoms with Crippen LogP contribution in [-0.2, 0) is 0 Å². The standard InChI is InChI=1S/C16H34S/c1-3-5-7-8-9-10-11-12-14-16(15-17)13-6-4-2/h16-17H,3-15H2,1-2H3. The summed E-state index contributed by atoms with van der Waals surface area (Å²) in [4.78, 5) is 0. The second-order valence-corrected chi connectivity index (χ2v) is 5.82. The Morgan fingerprint density at radius 1 is 0.647 bits per heavy atom. The Morgan fingerprint density at radius 3 is 1.65 bits per heavy atom. The molecule has 0 fully saturated rings. The van der Waals surface area contributed by atoms with Gasteiger partial charge in [-0.2, -0.15) is 12.6 Å². The lowest BCUT2D eigenvalue weighted by molar-refractivity contribution is 0.447. The molecule has 0 rings (SSSR count). The summed E-state index contributed by atoms with van der Waals surface area (Å²) in [5.41, 5.74) is 0. The molecule has 17 heavy (non-hydrogen) atoms. The van der Waals surface area contributed by atoms with E-state index >= 15 is 0 Å². The van der Waals surface area contributed by atoms with Crippen LogP contribution in [-0.4, -0.2) is 5.75 Å². The van der Waals surface area contributed by atoms with Crippen LogP contribution in [0.4, 0.5) is 0 Å². The zero-order chi connectivity index (χ0) is 12.8. The van der Waals surface area contributed by atoms with Gasteiger partial charge in [0.1, 0.15) is 0 Å². The number of hydrogen-bond acceptors (Lipinski definition) is 1. The lowest BCUT2D eigenvalue weighted by Gasteiger charge is -2.13. The van der Waals surface area contributed by atoms with E-state index in [1.807, 2.05) is 0 Å². The zero-order valence-corrected chi connectivity index (χ0v) is 13.1. The predicted molar refractivity (Wildman–Crippen MR) is 84.1 cm³/mol. The summed E-state index contributed by atoms with van der Waals surface area (Å²) in [7, 11) is 0. The van der Waals surface area contributed by atoms with Crippen molar-refractivity contribution in [2.45, 2.75) is 90.9 Å². The highest BCUT2D eigenvalue weighted by molar-refractivity contribution is 7.80. The van der Waals surface area contributed by atoms with Crippen molar-refractivity contribution in [3.05, 3.63) is 0 Å². The van der Waals surface area contributed by atoms with Crippen LogP contribution in [0.5, 0.6) is 0 Å². The smallest absolute Gasteiger partial charge is 0.00695 e. The predicted octanol–water partition coefficient (Wildman–Crippen LogP) is 6.25. The van der Waals surface area contributed by atoms with Crippen LogP contribution < -0.4 is 0 Å². The Morgan fingerprint density at radius 2 is 1.12 bits per heavy atom. The zero-order valence-electron chi connectivity index (χ0n) is 12.2. The van der Waals surface area contributed by atoms with Crippen LogP contribution in [0, 0.1) is 5.92 Å². The number of unbranched alkanes of at least 4 members (excludes halogenated alkanes) is 8. The van der Waals surface area contributed by atoms with E-state index in [-0.39, 0.29) is 0 Å². The van der Waals surface area contributed by atoms with E-state index in [1.54, 1.807) is 0 Å². The van der Waals surface area contributed by atoms with E-state index in [0.29, 0.717) is 0 Å². The van der Waals surface area contributed by atoms with Gasteiger partial charge in [0.05, 0.1) is 0 Å². The summed E-state index contributed by atoms with van der Waals surface area (Å²) >= 11 is 4.47. The first-order chi connectivity index (χ1) is 8.35. The van der Waals surface area contributed by atoms with Gasteiger partial charge in [0, 0.05) is 0 Å². The molecule has 0 bridgehead atoms. The molecule has 1 atom stereocenters. The fraction of sp³-hybridized carbons (Fsp3) is 1.00. The van der Waals surface area contributed by atoms with Crippen molar-refractivity contribution < 1.29 is 0 Å². The van der Waals surface area contributed by atoms with E-state index in [2.05, 4.69) is 26.5 Å². The topological polar surface area (TPSA) is 0 Å². The molecular weight excluding hydrogens is 224 g/mol. The summed E-state index contributed by atoms with van der Waals surface area (Å²) in [6.07, 6.45) is 17.0. The fourth-order valence-corrected chi connectivity index (χ4v) is 2.75. The molecule has 0 radical (unpaired) electrons. The summed E-state index contributed by atoms with van der Waals surface area (Å²) in [5, 5.41) is 0. The lowest BCUT2D eigenvalue weighted by Crippen LogP contribution is -2.02. The largest absolute Gasteiger partial charge is 0.179 e. The van der Waals surface area contributed by atoms with Crippen molar-refractivity contribution in [1.82, 2.24) is 0 Å². The molecule has 0 aliphatic heterocycles. The van der Waals surface area contributed by atoms with Crippen LogP contribution in [0.25, 0.3) is 0 Å². The van der Waals surface area contributed by atoms with Gasteiger partial charge in [-0.3, -0.25) is 0 Å². The third kappa shape index (κ3) is 12.6. The van der Waals surface area contributed by atoms with Crippen molar-refractivity contribution >= 4 is 12.6 Å². The van der Waals surface area contributed by atoms with Crippen molar-refractivity contribution in [3.8, 4) is 0 Å². The van der Waals surface area contributed by atoms with Crippen molar-refractivity contribution in [3.63, 3.8) is 0 Å². The number of thiol groups is 1. The Bertz CT molecular complexity index is 133. The first-order valence-electron chi connectivity index (χ1n) is 7.96. The Labute approximate surface area is 115 Å². The first kappa shape index (κ1) is 17.4. The Hall–Kier alpha value is 0.350. The number of hydrogen-bond donors (Lipinski definition) is 1. The summed E-state index contributed by atoms with van der Waals surface area (Å²) in [6.45, 7) is 4.57. The molecule has 104 valence electrons. The number of rotatable bonds is 13. The van der Waals surface area contributed by atoms with E-state index < -0.39 is 0 Å². The average Bonchev–Trinajstić information content (AvgIpc) is 2.36. The minimum absolute atomic E-state index is 0.887. The van der Waals surface area contributed by atoms with Crippen molar-refractivity contribution in [2.24, 2.45) is 5.92 Å². The van der Waals surface area contributed by atoms with Gasteiger partial charge in [0.2, 0.25) is 0 Å². The molecule has 1 heteroatoms. The quantitative estimate of drug-likeness (QED) is 0.293. The summed E-state index contributed by atoms with van der Waals surface area (Å²) in [5.74, 6) is 1.98. The third-order valence-electron chi connectivity index (χ3n) is 3.69. The Balaban J connectivity index is 3.19. The monoisotopic (exact) mass is 258 g/mol. The molecule has 0 spiro atoms. The van der Waals surface area contributed by atoms with Gasteiger partial charge in [-0.05, 0) is 24.5 Å². The molecule has 0 saturated carbocycles. The van der Waals surface area contributed by atoms with Crippen molar-refractivity contribution in [1.29, 1.82) is 0 Å². The van der Waals surface area contributed by atoms with Gasteiger partial charge >= 0.3 is 0 Å². The molecule has 0 heterocycles. The van der Waals surface area contributed by atoms with Crippen LogP contribution in [0.15, 0.2) is 0 Å². The van der Waals surface area contributed by atoms with Gasteiger partial charge in [-0.15, -0.1) is 0 Å². The summed E-state index contributed by atoms with van der Waals surface area (Å²) in [6, 6.07) is 0. The average molecular weight is 259 g/mol. The SMILES string of the molecule is CCCCCCCCCCC(CS)CCCC. The van der Waals surface area contributed by atoms with E-state index in [0.717, 1.165) is 11.7 Å². The lowest BCUT2D eigenvalue weighted by atomic mass is 9.96. The maximum atomic E-state index is 4.47. The molecule has 0 aromatic carbocycles. The highest BCUT2D eigenvalue weighted by atomic mass is 32.1. The van der Waals surface area contributed by atoms with Gasteiger partial charge in [0.15, 0.2) is 0 Å². The molecule has 1 unspecified atom stereocenters. The second-order valence-electron chi connectivity index (χ2n) is 5.45. The van der Waals surface area contributed by atoms with Crippen LogP contribution >= 0.6 is 12.6 Å². The highest BCUT2D eigenvalue weighted by Crippen LogP contribution is 2.19. The molecule has 0 aromatic rings. The minimum atomic E-state index is 0.887. The second kappa shape index (κ2) is 14.4. The first-order valence-corrected chi connectivity index (χ1v) is 8.59. The molecule has 0 aliphatic carbocycles. The third-order valence-corrected chi connectivity index (χ3v) is 4.21. The fourth-order valence-electron chi connectivity index (χ4n) is 2.39. The minimum Gasteiger partial charge on any atom is -0.179 e. The van der Waals surface area contributed by atoms with Crippen LogP contribution in [0.2, 0.25) is 0 Å².